The Balaban J connectivity index is 3.21. The molecule has 0 bridgehead atoms. The Bertz CT molecular complexity index is 419. The van der Waals surface area contributed by atoms with E-state index in [1.54, 1.807) is 14.0 Å². The molecular weight excluding hydrogens is 260 g/mol. The Morgan fingerprint density at radius 3 is 2.55 bits per heavy atom. The molecule has 1 aliphatic heterocycles. The smallest absolute Gasteiger partial charge is 0.304 e. The zero-order valence-corrected chi connectivity index (χ0v) is 12.9. The fourth-order valence-electron chi connectivity index (χ4n) is 2.33. The lowest BCUT2D eigenvalue weighted by Gasteiger charge is -2.26. The van der Waals surface area contributed by atoms with Gasteiger partial charge in [0, 0.05) is 20.4 Å². The molecule has 0 aromatic rings. The molecule has 1 rings (SSSR count). The van der Waals surface area contributed by atoms with Crippen LogP contribution in [0.15, 0.2) is 11.3 Å². The normalized spacial score (nSPS) is 24.9. The average Bonchev–Trinajstić information content (AvgIpc) is 2.55. The fourth-order valence-corrected chi connectivity index (χ4v) is 2.33. The lowest BCUT2D eigenvalue weighted by molar-refractivity contribution is -0.156. The number of esters is 1. The van der Waals surface area contributed by atoms with E-state index in [1.807, 2.05) is 6.92 Å². The quantitative estimate of drug-likeness (QED) is 0.457. The maximum Gasteiger partial charge on any atom is 0.304 e. The number of nitrogens with one attached hydrogen (secondary N) is 1. The first-order valence-corrected chi connectivity index (χ1v) is 6.97. The molecule has 1 aliphatic rings. The summed E-state index contributed by atoms with van der Waals surface area (Å²) < 4.78 is 10.9. The summed E-state index contributed by atoms with van der Waals surface area (Å²) in [7, 11) is 1.60. The Morgan fingerprint density at radius 2 is 2.05 bits per heavy atom. The number of hydrazine groups is 1. The number of amides is 1. The molecule has 20 heavy (non-hydrogen) atoms. The van der Waals surface area contributed by atoms with Crippen molar-refractivity contribution in [1.29, 1.82) is 0 Å². The second-order valence-electron chi connectivity index (χ2n) is 4.94. The van der Waals surface area contributed by atoms with Crippen molar-refractivity contribution in [1.82, 2.24) is 10.4 Å². The van der Waals surface area contributed by atoms with Gasteiger partial charge in [-0.3, -0.25) is 14.6 Å². The molecule has 0 aromatic heterocycles. The molecule has 0 spiro atoms. The monoisotopic (exact) mass is 284 g/mol. The maximum atomic E-state index is 12.3. The lowest BCUT2D eigenvalue weighted by Crippen LogP contribution is -2.46. The molecule has 1 N–H and O–H groups in total. The van der Waals surface area contributed by atoms with Crippen molar-refractivity contribution in [3.8, 4) is 0 Å². The number of unbranched alkanes of at least 4 members (excludes halogenated alkanes) is 1. The number of carbonyl (C=O) groups excluding carboxylic acids is 2. The Kier molecular flexibility index (Phi) is 5.56. The van der Waals surface area contributed by atoms with Crippen LogP contribution in [0.4, 0.5) is 0 Å². The van der Waals surface area contributed by atoms with Crippen LogP contribution in [-0.4, -0.2) is 36.3 Å². The molecule has 0 saturated carbocycles. The van der Waals surface area contributed by atoms with Crippen molar-refractivity contribution in [2.45, 2.75) is 52.7 Å². The van der Waals surface area contributed by atoms with Gasteiger partial charge < -0.3 is 9.47 Å². The van der Waals surface area contributed by atoms with E-state index < -0.39 is 11.7 Å². The van der Waals surface area contributed by atoms with Gasteiger partial charge in [-0.05, 0) is 20.3 Å². The number of allylic oxidation sites excluding steroid dienone is 1. The summed E-state index contributed by atoms with van der Waals surface area (Å²) >= 11 is 0. The predicted molar refractivity (Wildman–Crippen MR) is 74.3 cm³/mol. The van der Waals surface area contributed by atoms with E-state index in [-0.39, 0.29) is 5.91 Å². The number of likely N-dealkylation sites (N-methyl/N-ethyl adjacent to an activating group) is 1. The summed E-state index contributed by atoms with van der Waals surface area (Å²) in [5.41, 5.74) is 2.09. The lowest BCUT2D eigenvalue weighted by atomic mass is 10.0. The van der Waals surface area contributed by atoms with Crippen LogP contribution in [-0.2, 0) is 19.1 Å². The van der Waals surface area contributed by atoms with Crippen LogP contribution in [0.25, 0.3) is 0 Å². The highest BCUT2D eigenvalue weighted by molar-refractivity contribution is 5.98. The van der Waals surface area contributed by atoms with Gasteiger partial charge in [-0.25, -0.2) is 0 Å². The Labute approximate surface area is 120 Å². The molecule has 0 radical (unpaired) electrons. The summed E-state index contributed by atoms with van der Waals surface area (Å²) in [4.78, 5) is 23.6. The first-order chi connectivity index (χ1) is 9.35. The van der Waals surface area contributed by atoms with Gasteiger partial charge in [-0.2, -0.15) is 5.43 Å². The molecule has 114 valence electrons. The van der Waals surface area contributed by atoms with E-state index >= 15 is 0 Å². The molecule has 0 aromatic carbocycles. The third-order valence-electron chi connectivity index (χ3n) is 3.08. The fraction of sp³-hybridized carbons (Fsp3) is 0.714. The Morgan fingerprint density at radius 1 is 1.40 bits per heavy atom. The van der Waals surface area contributed by atoms with Crippen molar-refractivity contribution < 1.29 is 19.1 Å². The number of hydrogen-bond donors (Lipinski definition) is 1. The van der Waals surface area contributed by atoms with Crippen LogP contribution in [0.5, 0.6) is 0 Å². The number of nitrogens with zero attached hydrogens (tertiary/aromatic N) is 1. The molecule has 1 amide bonds. The van der Waals surface area contributed by atoms with Gasteiger partial charge in [0.05, 0.1) is 6.61 Å². The van der Waals surface area contributed by atoms with Crippen LogP contribution < -0.4 is 5.43 Å². The molecule has 1 heterocycles. The van der Waals surface area contributed by atoms with E-state index in [2.05, 4.69) is 12.3 Å². The van der Waals surface area contributed by atoms with Crippen molar-refractivity contribution in [3.05, 3.63) is 11.3 Å². The molecular formula is C14H24N2O4. The molecule has 6 heteroatoms. The molecule has 1 saturated heterocycles. The maximum absolute atomic E-state index is 12.3. The van der Waals surface area contributed by atoms with Crippen LogP contribution in [0.1, 0.15) is 47.0 Å². The summed E-state index contributed by atoms with van der Waals surface area (Å²) in [6.07, 6.45) is 2.55. The molecule has 0 aliphatic carbocycles. The average molecular weight is 284 g/mol. The Hall–Kier alpha value is -1.56. The first kappa shape index (κ1) is 16.5. The summed E-state index contributed by atoms with van der Waals surface area (Å²) in [5.74, 6) is -0.0832. The van der Waals surface area contributed by atoms with E-state index in [0.717, 1.165) is 12.8 Å². The molecule has 1 atom stereocenters. The highest BCUT2D eigenvalue weighted by Gasteiger charge is 2.48. The van der Waals surface area contributed by atoms with Gasteiger partial charge in [-0.1, -0.05) is 13.3 Å². The van der Waals surface area contributed by atoms with Gasteiger partial charge in [0.1, 0.15) is 11.3 Å². The third kappa shape index (κ3) is 3.50. The van der Waals surface area contributed by atoms with Gasteiger partial charge >= 0.3 is 5.97 Å². The highest BCUT2D eigenvalue weighted by Crippen LogP contribution is 2.31. The molecule has 1 unspecified atom stereocenters. The summed E-state index contributed by atoms with van der Waals surface area (Å²) in [5, 5.41) is 1.32. The van der Waals surface area contributed by atoms with E-state index in [4.69, 9.17) is 9.47 Å². The van der Waals surface area contributed by atoms with Crippen LogP contribution in [0.3, 0.4) is 0 Å². The van der Waals surface area contributed by atoms with Gasteiger partial charge in [0.25, 0.3) is 5.91 Å². The standard InChI is InChI=1S/C14H24N2O4/c1-6-8-9-11(19-7-2)12-13(18)16(5)15-14(12,4)20-10(3)17/h15H,6-9H2,1-5H3. The van der Waals surface area contributed by atoms with E-state index in [9.17, 15) is 9.59 Å². The van der Waals surface area contributed by atoms with Crippen LogP contribution in [0, 0.1) is 0 Å². The topological polar surface area (TPSA) is 67.9 Å². The number of carbonyl (C=O) groups is 2. The zero-order valence-electron chi connectivity index (χ0n) is 12.9. The summed E-state index contributed by atoms with van der Waals surface area (Å²) in [6.45, 7) is 7.39. The second-order valence-corrected chi connectivity index (χ2v) is 4.94. The SMILES string of the molecule is CCCCC(OCC)=C1C(=O)N(C)NC1(C)OC(C)=O. The minimum absolute atomic E-state index is 0.228. The second kappa shape index (κ2) is 6.74. The van der Waals surface area contributed by atoms with Crippen LogP contribution >= 0.6 is 0 Å². The van der Waals surface area contributed by atoms with Crippen LogP contribution in [0.2, 0.25) is 0 Å². The van der Waals surface area contributed by atoms with Crippen molar-refractivity contribution in [2.24, 2.45) is 0 Å². The highest BCUT2D eigenvalue weighted by atomic mass is 16.6. The molecule has 1 fully saturated rings. The number of hydrogen-bond acceptors (Lipinski definition) is 5. The van der Waals surface area contributed by atoms with Gasteiger partial charge in [0.15, 0.2) is 0 Å². The third-order valence-corrected chi connectivity index (χ3v) is 3.08. The number of rotatable bonds is 6. The van der Waals surface area contributed by atoms with Crippen molar-refractivity contribution >= 4 is 11.9 Å². The minimum atomic E-state index is -1.17. The largest absolute Gasteiger partial charge is 0.498 e. The van der Waals surface area contributed by atoms with Gasteiger partial charge in [0.2, 0.25) is 5.72 Å². The van der Waals surface area contributed by atoms with E-state index in [1.165, 1.54) is 11.9 Å². The van der Waals surface area contributed by atoms with Crippen molar-refractivity contribution in [3.63, 3.8) is 0 Å². The molecule has 6 nitrogen and oxygen atoms in total. The predicted octanol–water partition coefficient (Wildman–Crippen LogP) is 1.72. The van der Waals surface area contributed by atoms with Crippen molar-refractivity contribution in [2.75, 3.05) is 13.7 Å². The first-order valence-electron chi connectivity index (χ1n) is 6.97. The zero-order chi connectivity index (χ0) is 15.3. The summed E-state index contributed by atoms with van der Waals surface area (Å²) in [6, 6.07) is 0. The van der Waals surface area contributed by atoms with E-state index in [0.29, 0.717) is 24.4 Å². The number of ether oxygens (including phenoxy) is 2. The minimum Gasteiger partial charge on any atom is -0.498 e. The van der Waals surface area contributed by atoms with Gasteiger partial charge in [-0.15, -0.1) is 0 Å².